The molecule has 0 aliphatic carbocycles. The van der Waals surface area contributed by atoms with E-state index in [0.29, 0.717) is 5.69 Å². The number of halogens is 1. The standard InChI is InChI=1S/C10H16BrN3O/c1-10(2,4-5-11)13-9(15)8-6-14(3)7-12-8/h6-7H,4-5H2,1-3H3,(H,13,15). The fraction of sp³-hybridized carbons (Fsp3) is 0.600. The van der Waals surface area contributed by atoms with Crippen molar-refractivity contribution in [1.82, 2.24) is 14.9 Å². The molecule has 0 aromatic carbocycles. The number of amides is 1. The van der Waals surface area contributed by atoms with E-state index in [1.54, 1.807) is 17.1 Å². The predicted molar refractivity (Wildman–Crippen MR) is 63.2 cm³/mol. The van der Waals surface area contributed by atoms with E-state index in [1.807, 2.05) is 20.9 Å². The minimum atomic E-state index is -0.210. The number of aryl methyl sites for hydroxylation is 1. The van der Waals surface area contributed by atoms with Gasteiger partial charge in [0.2, 0.25) is 0 Å². The Morgan fingerprint density at radius 1 is 1.67 bits per heavy atom. The van der Waals surface area contributed by atoms with Crippen LogP contribution in [-0.4, -0.2) is 26.3 Å². The number of aromatic nitrogens is 2. The van der Waals surface area contributed by atoms with Crippen LogP contribution in [0.2, 0.25) is 0 Å². The Hall–Kier alpha value is -0.840. The maximum Gasteiger partial charge on any atom is 0.271 e. The highest BCUT2D eigenvalue weighted by molar-refractivity contribution is 9.09. The van der Waals surface area contributed by atoms with E-state index < -0.39 is 0 Å². The first kappa shape index (κ1) is 12.2. The van der Waals surface area contributed by atoms with Crippen LogP contribution in [0.5, 0.6) is 0 Å². The molecule has 0 aliphatic rings. The molecule has 15 heavy (non-hydrogen) atoms. The van der Waals surface area contributed by atoms with Gasteiger partial charge in [-0.3, -0.25) is 4.79 Å². The maximum atomic E-state index is 11.7. The quantitative estimate of drug-likeness (QED) is 0.850. The molecule has 1 N–H and O–H groups in total. The van der Waals surface area contributed by atoms with E-state index in [2.05, 4.69) is 26.2 Å². The number of nitrogens with one attached hydrogen (secondary N) is 1. The van der Waals surface area contributed by atoms with E-state index in [1.165, 1.54) is 0 Å². The van der Waals surface area contributed by atoms with Gasteiger partial charge in [0.1, 0.15) is 5.69 Å². The third kappa shape index (κ3) is 3.66. The molecule has 0 bridgehead atoms. The van der Waals surface area contributed by atoms with E-state index in [0.717, 1.165) is 11.8 Å². The average molecular weight is 274 g/mol. The lowest BCUT2D eigenvalue weighted by Crippen LogP contribution is -2.43. The van der Waals surface area contributed by atoms with Crippen LogP contribution in [-0.2, 0) is 7.05 Å². The molecule has 0 saturated heterocycles. The van der Waals surface area contributed by atoms with Crippen LogP contribution in [0.1, 0.15) is 30.8 Å². The van der Waals surface area contributed by atoms with Crippen molar-refractivity contribution in [2.75, 3.05) is 5.33 Å². The predicted octanol–water partition coefficient (Wildman–Crippen LogP) is 1.71. The van der Waals surface area contributed by atoms with E-state index in [9.17, 15) is 4.79 Å². The summed E-state index contributed by atoms with van der Waals surface area (Å²) in [6.07, 6.45) is 4.21. The molecule has 84 valence electrons. The molecule has 0 spiro atoms. The Morgan fingerprint density at radius 3 is 2.80 bits per heavy atom. The first-order valence-corrected chi connectivity index (χ1v) is 5.93. The molecule has 1 amide bonds. The summed E-state index contributed by atoms with van der Waals surface area (Å²) in [6.45, 7) is 3.99. The molecule has 0 unspecified atom stereocenters. The molecular formula is C10H16BrN3O. The van der Waals surface area contributed by atoms with Crippen LogP contribution in [0.4, 0.5) is 0 Å². The van der Waals surface area contributed by atoms with Gasteiger partial charge in [-0.15, -0.1) is 0 Å². The lowest BCUT2D eigenvalue weighted by atomic mass is 10.0. The summed E-state index contributed by atoms with van der Waals surface area (Å²) in [7, 11) is 1.84. The number of imidazole rings is 1. The lowest BCUT2D eigenvalue weighted by Gasteiger charge is -2.24. The van der Waals surface area contributed by atoms with Gasteiger partial charge >= 0.3 is 0 Å². The summed E-state index contributed by atoms with van der Waals surface area (Å²) in [6, 6.07) is 0. The molecule has 0 fully saturated rings. The van der Waals surface area contributed by atoms with Gasteiger partial charge in [0.15, 0.2) is 0 Å². The van der Waals surface area contributed by atoms with Crippen molar-refractivity contribution >= 4 is 21.8 Å². The highest BCUT2D eigenvalue weighted by Crippen LogP contribution is 2.11. The molecule has 1 aromatic rings. The second-order valence-electron chi connectivity index (χ2n) is 4.20. The minimum absolute atomic E-state index is 0.124. The van der Waals surface area contributed by atoms with Crippen LogP contribution >= 0.6 is 15.9 Å². The molecule has 1 aromatic heterocycles. The number of rotatable bonds is 4. The van der Waals surface area contributed by atoms with Crippen molar-refractivity contribution in [3.8, 4) is 0 Å². The fourth-order valence-corrected chi connectivity index (χ4v) is 2.19. The summed E-state index contributed by atoms with van der Waals surface area (Å²) < 4.78 is 1.76. The first-order valence-electron chi connectivity index (χ1n) is 4.81. The van der Waals surface area contributed by atoms with Gasteiger partial charge in [-0.25, -0.2) is 4.98 Å². The molecule has 0 radical (unpaired) electrons. The van der Waals surface area contributed by atoms with Gasteiger partial charge in [0, 0.05) is 24.1 Å². The van der Waals surface area contributed by atoms with Gasteiger partial charge in [-0.05, 0) is 20.3 Å². The summed E-state index contributed by atoms with van der Waals surface area (Å²) in [5.74, 6) is -0.124. The summed E-state index contributed by atoms with van der Waals surface area (Å²) in [5.41, 5.74) is 0.248. The maximum absolute atomic E-state index is 11.7. The smallest absolute Gasteiger partial charge is 0.271 e. The summed E-state index contributed by atoms with van der Waals surface area (Å²) >= 11 is 3.36. The van der Waals surface area contributed by atoms with Crippen LogP contribution < -0.4 is 5.32 Å². The van der Waals surface area contributed by atoms with Crippen LogP contribution in [0, 0.1) is 0 Å². The monoisotopic (exact) mass is 273 g/mol. The highest BCUT2D eigenvalue weighted by Gasteiger charge is 2.21. The molecule has 4 nitrogen and oxygen atoms in total. The fourth-order valence-electron chi connectivity index (χ4n) is 1.20. The number of nitrogens with zero attached hydrogens (tertiary/aromatic N) is 2. The van der Waals surface area contributed by atoms with Crippen molar-refractivity contribution in [3.05, 3.63) is 18.2 Å². The van der Waals surface area contributed by atoms with Crippen LogP contribution in [0.15, 0.2) is 12.5 Å². The average Bonchev–Trinajstić information content (AvgIpc) is 2.50. The highest BCUT2D eigenvalue weighted by atomic mass is 79.9. The Labute approximate surface area is 98.2 Å². The number of hydrogen-bond donors (Lipinski definition) is 1. The van der Waals surface area contributed by atoms with Gasteiger partial charge in [0.05, 0.1) is 6.33 Å². The van der Waals surface area contributed by atoms with Gasteiger partial charge in [-0.1, -0.05) is 15.9 Å². The second-order valence-corrected chi connectivity index (χ2v) is 4.99. The number of alkyl halides is 1. The molecule has 0 aliphatic heterocycles. The third-order valence-corrected chi connectivity index (χ3v) is 2.51. The van der Waals surface area contributed by atoms with Crippen molar-refractivity contribution in [2.45, 2.75) is 25.8 Å². The zero-order valence-electron chi connectivity index (χ0n) is 9.25. The SMILES string of the molecule is Cn1cnc(C(=O)NC(C)(C)CCBr)c1. The van der Waals surface area contributed by atoms with Crippen molar-refractivity contribution in [3.63, 3.8) is 0 Å². The second kappa shape index (κ2) is 4.79. The topological polar surface area (TPSA) is 46.9 Å². The van der Waals surface area contributed by atoms with Gasteiger partial charge < -0.3 is 9.88 Å². The van der Waals surface area contributed by atoms with E-state index in [4.69, 9.17) is 0 Å². The normalized spacial score (nSPS) is 11.5. The number of carbonyl (C=O) groups is 1. The zero-order chi connectivity index (χ0) is 11.5. The first-order chi connectivity index (χ1) is 6.94. The van der Waals surface area contributed by atoms with Crippen molar-refractivity contribution in [1.29, 1.82) is 0 Å². The Bertz CT molecular complexity index is 346. The van der Waals surface area contributed by atoms with Crippen molar-refractivity contribution in [2.24, 2.45) is 7.05 Å². The Balaban J connectivity index is 2.63. The number of carbonyl (C=O) groups excluding carboxylic acids is 1. The Kier molecular flexibility index (Phi) is 3.90. The minimum Gasteiger partial charge on any atom is -0.346 e. The largest absolute Gasteiger partial charge is 0.346 e. The van der Waals surface area contributed by atoms with Gasteiger partial charge in [-0.2, -0.15) is 0 Å². The van der Waals surface area contributed by atoms with Crippen molar-refractivity contribution < 1.29 is 4.79 Å². The Morgan fingerprint density at radius 2 is 2.33 bits per heavy atom. The third-order valence-electron chi connectivity index (χ3n) is 2.11. The van der Waals surface area contributed by atoms with E-state index >= 15 is 0 Å². The van der Waals surface area contributed by atoms with Crippen LogP contribution in [0.3, 0.4) is 0 Å². The molecule has 0 atom stereocenters. The van der Waals surface area contributed by atoms with Gasteiger partial charge in [0.25, 0.3) is 5.91 Å². The molecule has 0 saturated carbocycles. The number of hydrogen-bond acceptors (Lipinski definition) is 2. The summed E-state index contributed by atoms with van der Waals surface area (Å²) in [4.78, 5) is 15.7. The lowest BCUT2D eigenvalue weighted by molar-refractivity contribution is 0.0907. The molecule has 1 heterocycles. The zero-order valence-corrected chi connectivity index (χ0v) is 10.8. The molecular weight excluding hydrogens is 258 g/mol. The molecule has 1 rings (SSSR count). The van der Waals surface area contributed by atoms with Crippen LogP contribution in [0.25, 0.3) is 0 Å². The van der Waals surface area contributed by atoms with E-state index in [-0.39, 0.29) is 11.4 Å². The molecule has 5 heteroatoms. The summed E-state index contributed by atoms with van der Waals surface area (Å²) in [5, 5.41) is 3.81.